The maximum atomic E-state index is 13.6. The number of ether oxygens (including phenoxy) is 1. The van der Waals surface area contributed by atoms with Crippen molar-refractivity contribution in [2.24, 2.45) is 0 Å². The summed E-state index contributed by atoms with van der Waals surface area (Å²) in [6.07, 6.45) is 6.43. The molecule has 0 bridgehead atoms. The number of β-amino-alcohol motifs (C(OH)–C–C–N with tert-alkyl or cyclic N) is 1. The number of piperazine rings is 1. The van der Waals surface area contributed by atoms with Crippen LogP contribution in [-0.4, -0.2) is 88.2 Å². The number of aromatic nitrogens is 4. The first-order valence-electron chi connectivity index (χ1n) is 14.8. The summed E-state index contributed by atoms with van der Waals surface area (Å²) in [6.45, 7) is 10.7. The Balaban J connectivity index is 1.75. The highest BCUT2D eigenvalue weighted by atomic mass is 32.2. The molecular weight excluding hydrogens is 544 g/mol. The van der Waals surface area contributed by atoms with Gasteiger partial charge in [0.25, 0.3) is 5.56 Å². The number of rotatable bonds is 14. The topological polar surface area (TPSA) is 133 Å². The van der Waals surface area contributed by atoms with Crippen molar-refractivity contribution in [3.63, 3.8) is 0 Å². The Kier molecular flexibility index (Phi) is 10.6. The predicted octanol–water partition coefficient (Wildman–Crippen LogP) is 3.55. The molecule has 1 unspecified atom stereocenters. The van der Waals surface area contributed by atoms with Gasteiger partial charge in [0.2, 0.25) is 10.0 Å². The van der Waals surface area contributed by atoms with E-state index in [0.29, 0.717) is 61.9 Å². The number of aromatic amines is 1. The summed E-state index contributed by atoms with van der Waals surface area (Å²) < 4.78 is 36.2. The summed E-state index contributed by atoms with van der Waals surface area (Å²) in [4.78, 5) is 23.1. The number of nitrogens with one attached hydrogen (secondary N) is 1. The first-order chi connectivity index (χ1) is 19.7. The van der Waals surface area contributed by atoms with Gasteiger partial charge in [0, 0.05) is 38.6 Å². The molecule has 12 heteroatoms. The molecule has 11 nitrogen and oxygen atoms in total. The largest absolute Gasteiger partial charge is 0.493 e. The third kappa shape index (κ3) is 6.82. The zero-order chi connectivity index (χ0) is 29.6. The van der Waals surface area contributed by atoms with Crippen LogP contribution >= 0.6 is 0 Å². The quantitative estimate of drug-likeness (QED) is 0.273. The second kappa shape index (κ2) is 13.9. The molecule has 3 aromatic rings. The molecule has 2 aromatic heterocycles. The van der Waals surface area contributed by atoms with Crippen molar-refractivity contribution in [3.05, 3.63) is 40.1 Å². The van der Waals surface area contributed by atoms with Crippen molar-refractivity contribution in [2.75, 3.05) is 45.9 Å². The molecule has 1 atom stereocenters. The van der Waals surface area contributed by atoms with Crippen molar-refractivity contribution in [3.8, 4) is 17.1 Å². The Bertz CT molecular complexity index is 1480. The van der Waals surface area contributed by atoms with Crippen LogP contribution in [-0.2, 0) is 10.0 Å². The summed E-state index contributed by atoms with van der Waals surface area (Å²) in [5.41, 5.74) is 1.09. The van der Waals surface area contributed by atoms with Gasteiger partial charge in [-0.2, -0.15) is 4.31 Å². The fourth-order valence-electron chi connectivity index (χ4n) is 5.53. The lowest BCUT2D eigenvalue weighted by atomic mass is 9.97. The van der Waals surface area contributed by atoms with E-state index in [4.69, 9.17) is 14.8 Å². The third-order valence-corrected chi connectivity index (χ3v) is 9.75. The zero-order valence-corrected chi connectivity index (χ0v) is 25.5. The lowest BCUT2D eigenvalue weighted by Crippen LogP contribution is -2.49. The maximum Gasteiger partial charge on any atom is 0.277 e. The van der Waals surface area contributed by atoms with Crippen LogP contribution in [0.15, 0.2) is 27.9 Å². The van der Waals surface area contributed by atoms with Crippen LogP contribution in [0.3, 0.4) is 0 Å². The normalized spacial score (nSPS) is 15.9. The van der Waals surface area contributed by atoms with Crippen LogP contribution in [0.4, 0.5) is 0 Å². The lowest BCUT2D eigenvalue weighted by Gasteiger charge is -2.33. The van der Waals surface area contributed by atoms with E-state index < -0.39 is 10.0 Å². The fraction of sp³-hybridized carbons (Fsp3) is 0.621. The third-order valence-electron chi connectivity index (χ3n) is 7.86. The standard InChI is InChI=1S/C29H44N6O5S/c1-5-8-9-10-11-22(6-2)28-30-21(4)26-29(37)31-27(32-35(26)28)24-20-23(12-13-25(24)40-7-3)41(38,39)34-16-14-33(15-17-34)18-19-36/h12-13,20,22,36H,5-11,14-19H2,1-4H3,(H,31,32,37). The molecule has 1 aliphatic rings. The molecule has 0 spiro atoms. The van der Waals surface area contributed by atoms with Gasteiger partial charge in [0.05, 0.1) is 29.4 Å². The van der Waals surface area contributed by atoms with Gasteiger partial charge in [-0.15, -0.1) is 5.10 Å². The second-order valence-electron chi connectivity index (χ2n) is 10.6. The number of aryl methyl sites for hydroxylation is 1. The molecular formula is C29H44N6O5S. The van der Waals surface area contributed by atoms with Crippen molar-refractivity contribution in [1.29, 1.82) is 0 Å². The summed E-state index contributed by atoms with van der Waals surface area (Å²) in [5, 5.41) is 14.0. The number of imidazole rings is 1. The predicted molar refractivity (Wildman–Crippen MR) is 159 cm³/mol. The van der Waals surface area contributed by atoms with Gasteiger partial charge in [0.1, 0.15) is 11.6 Å². The van der Waals surface area contributed by atoms with Crippen LogP contribution in [0, 0.1) is 6.92 Å². The van der Waals surface area contributed by atoms with Gasteiger partial charge in [-0.05, 0) is 44.9 Å². The highest BCUT2D eigenvalue weighted by Crippen LogP contribution is 2.32. The van der Waals surface area contributed by atoms with E-state index in [2.05, 4.69) is 18.8 Å². The fourth-order valence-corrected chi connectivity index (χ4v) is 6.98. The lowest BCUT2D eigenvalue weighted by molar-refractivity contribution is 0.151. The average molecular weight is 589 g/mol. The molecule has 2 N–H and O–H groups in total. The van der Waals surface area contributed by atoms with E-state index in [-0.39, 0.29) is 28.8 Å². The molecule has 4 rings (SSSR count). The smallest absolute Gasteiger partial charge is 0.277 e. The van der Waals surface area contributed by atoms with Crippen LogP contribution in [0.25, 0.3) is 16.9 Å². The number of H-pyrrole nitrogens is 1. The molecule has 0 radical (unpaired) electrons. The van der Waals surface area contributed by atoms with Crippen LogP contribution in [0.2, 0.25) is 0 Å². The van der Waals surface area contributed by atoms with Gasteiger partial charge >= 0.3 is 0 Å². The average Bonchev–Trinajstić information content (AvgIpc) is 3.30. The SMILES string of the molecule is CCCCCCC(CC)c1nc(C)c2c(=O)[nH]c(-c3cc(S(=O)(=O)N4CCN(CCO)CC4)ccc3OCC)nn12. The number of unbranched alkanes of at least 4 members (excludes halogenated alkanes) is 3. The number of hydrogen-bond donors (Lipinski definition) is 2. The Morgan fingerprint density at radius 3 is 2.51 bits per heavy atom. The summed E-state index contributed by atoms with van der Waals surface area (Å²) in [5.74, 6) is 1.58. The number of aliphatic hydroxyl groups is 1. The molecule has 226 valence electrons. The van der Waals surface area contributed by atoms with Crippen molar-refractivity contribution < 1.29 is 18.3 Å². The van der Waals surface area contributed by atoms with Gasteiger partial charge in [-0.3, -0.25) is 9.69 Å². The Hall–Kier alpha value is -2.80. The van der Waals surface area contributed by atoms with E-state index in [1.54, 1.807) is 10.6 Å². The highest BCUT2D eigenvalue weighted by molar-refractivity contribution is 7.89. The first kappa shape index (κ1) is 31.1. The molecule has 3 heterocycles. The molecule has 1 aromatic carbocycles. The van der Waals surface area contributed by atoms with Gasteiger partial charge in [-0.25, -0.2) is 17.9 Å². The van der Waals surface area contributed by atoms with E-state index in [1.807, 2.05) is 18.7 Å². The second-order valence-corrected chi connectivity index (χ2v) is 12.6. The van der Waals surface area contributed by atoms with E-state index in [0.717, 1.165) is 31.5 Å². The van der Waals surface area contributed by atoms with E-state index in [9.17, 15) is 18.3 Å². The molecule has 1 saturated heterocycles. The number of hydrogen-bond acceptors (Lipinski definition) is 8. The Labute approximate surface area is 242 Å². The Morgan fingerprint density at radius 2 is 1.85 bits per heavy atom. The number of benzene rings is 1. The number of nitrogens with zero attached hydrogens (tertiary/aromatic N) is 5. The summed E-state index contributed by atoms with van der Waals surface area (Å²) in [7, 11) is -3.80. The van der Waals surface area contributed by atoms with Gasteiger partial charge in [0.15, 0.2) is 11.3 Å². The Morgan fingerprint density at radius 1 is 1.10 bits per heavy atom. The molecule has 41 heavy (non-hydrogen) atoms. The molecule has 0 amide bonds. The first-order valence-corrected chi connectivity index (χ1v) is 16.3. The van der Waals surface area contributed by atoms with Crippen LogP contribution < -0.4 is 10.3 Å². The van der Waals surface area contributed by atoms with Crippen LogP contribution in [0.5, 0.6) is 5.75 Å². The van der Waals surface area contributed by atoms with Gasteiger partial charge < -0.3 is 14.8 Å². The molecule has 0 aliphatic carbocycles. The number of sulfonamides is 1. The van der Waals surface area contributed by atoms with Crippen molar-refractivity contribution >= 4 is 15.5 Å². The molecule has 1 fully saturated rings. The minimum absolute atomic E-state index is 0.0422. The minimum Gasteiger partial charge on any atom is -0.493 e. The monoisotopic (exact) mass is 588 g/mol. The zero-order valence-electron chi connectivity index (χ0n) is 24.7. The number of aliphatic hydroxyl groups excluding tert-OH is 1. The summed E-state index contributed by atoms with van der Waals surface area (Å²) >= 11 is 0. The van der Waals surface area contributed by atoms with E-state index >= 15 is 0 Å². The summed E-state index contributed by atoms with van der Waals surface area (Å²) in [6, 6.07) is 4.70. The maximum absolute atomic E-state index is 13.6. The highest BCUT2D eigenvalue weighted by Gasteiger charge is 2.30. The van der Waals surface area contributed by atoms with Crippen molar-refractivity contribution in [2.45, 2.75) is 77.0 Å². The van der Waals surface area contributed by atoms with E-state index in [1.165, 1.54) is 29.3 Å². The molecule has 1 aliphatic heterocycles. The minimum atomic E-state index is -3.80. The van der Waals surface area contributed by atoms with Crippen LogP contribution in [0.1, 0.15) is 76.7 Å². The van der Waals surface area contributed by atoms with Gasteiger partial charge in [-0.1, -0.05) is 39.5 Å². The molecule has 0 saturated carbocycles. The number of fused-ring (bicyclic) bond motifs is 1. The van der Waals surface area contributed by atoms with Crippen molar-refractivity contribution in [1.82, 2.24) is 28.8 Å².